The number of aliphatic hydroxyl groups is 1. The zero-order valence-electron chi connectivity index (χ0n) is 8.07. The van der Waals surface area contributed by atoms with E-state index in [1.807, 2.05) is 24.9 Å². The average Bonchev–Trinajstić information content (AvgIpc) is 2.15. The lowest BCUT2D eigenvalue weighted by molar-refractivity contribution is 0.133. The van der Waals surface area contributed by atoms with Crippen LogP contribution < -0.4 is 0 Å². The normalized spacial score (nSPS) is 34.5. The van der Waals surface area contributed by atoms with E-state index in [9.17, 15) is 5.11 Å². The first-order valence-corrected chi connectivity index (χ1v) is 6.32. The van der Waals surface area contributed by atoms with Gasteiger partial charge < -0.3 is 10.0 Å². The van der Waals surface area contributed by atoms with Crippen molar-refractivity contribution in [3.63, 3.8) is 0 Å². The first-order chi connectivity index (χ1) is 5.43. The monoisotopic (exact) mass is 207 g/mol. The minimum Gasteiger partial charge on any atom is -0.390 e. The van der Waals surface area contributed by atoms with E-state index in [2.05, 4.69) is 18.7 Å². The van der Waals surface area contributed by atoms with Crippen LogP contribution in [0, 0.1) is 0 Å². The zero-order valence-corrected chi connectivity index (χ0v) is 9.71. The van der Waals surface area contributed by atoms with Gasteiger partial charge >= 0.3 is 0 Å². The molecule has 12 heavy (non-hydrogen) atoms. The highest BCUT2D eigenvalue weighted by atomic mass is 33.1. The fourth-order valence-electron chi connectivity index (χ4n) is 1.23. The third-order valence-electron chi connectivity index (χ3n) is 2.00. The van der Waals surface area contributed by atoms with Crippen LogP contribution in [0.15, 0.2) is 0 Å². The number of hydrogen-bond acceptors (Lipinski definition) is 4. The van der Waals surface area contributed by atoms with Gasteiger partial charge in [-0.2, -0.15) is 0 Å². The smallest absolute Gasteiger partial charge is 0.0829 e. The van der Waals surface area contributed by atoms with Crippen molar-refractivity contribution in [3.8, 4) is 0 Å². The summed E-state index contributed by atoms with van der Waals surface area (Å²) in [4.78, 5) is 2.13. The lowest BCUT2D eigenvalue weighted by atomic mass is 10.0. The first-order valence-electron chi connectivity index (χ1n) is 4.11. The lowest BCUT2D eigenvalue weighted by Crippen LogP contribution is -2.39. The summed E-state index contributed by atoms with van der Waals surface area (Å²) in [7, 11) is 7.70. The molecule has 4 heteroatoms. The summed E-state index contributed by atoms with van der Waals surface area (Å²) in [6, 6.07) is 0. The summed E-state index contributed by atoms with van der Waals surface area (Å²) in [5.74, 6) is 0. The van der Waals surface area contributed by atoms with Gasteiger partial charge in [0.25, 0.3) is 0 Å². The molecular formula is C8H17NOS2. The van der Waals surface area contributed by atoms with Crippen LogP contribution in [-0.2, 0) is 0 Å². The zero-order chi connectivity index (χ0) is 9.35. The largest absolute Gasteiger partial charge is 0.390 e. The molecule has 1 rings (SSSR count). The molecular weight excluding hydrogens is 190 g/mol. The maximum Gasteiger partial charge on any atom is 0.0829 e. The van der Waals surface area contributed by atoms with Gasteiger partial charge in [0.2, 0.25) is 0 Å². The van der Waals surface area contributed by atoms with Gasteiger partial charge in [-0.1, -0.05) is 21.6 Å². The molecule has 1 aliphatic rings. The maximum atomic E-state index is 9.90. The van der Waals surface area contributed by atoms with Crippen molar-refractivity contribution >= 4 is 21.6 Å². The molecule has 72 valence electrons. The third kappa shape index (κ3) is 2.31. The Morgan fingerprint density at radius 2 is 2.00 bits per heavy atom. The van der Waals surface area contributed by atoms with E-state index >= 15 is 0 Å². The van der Waals surface area contributed by atoms with Crippen LogP contribution in [-0.4, -0.2) is 46.7 Å². The molecule has 1 heterocycles. The van der Waals surface area contributed by atoms with Crippen molar-refractivity contribution < 1.29 is 5.11 Å². The molecule has 0 spiro atoms. The third-order valence-corrected chi connectivity index (χ3v) is 5.74. The van der Waals surface area contributed by atoms with Gasteiger partial charge in [-0.3, -0.25) is 0 Å². The van der Waals surface area contributed by atoms with E-state index in [0.717, 1.165) is 6.54 Å². The summed E-state index contributed by atoms with van der Waals surface area (Å²) in [6.45, 7) is 5.16. The van der Waals surface area contributed by atoms with Crippen LogP contribution in [0.2, 0.25) is 0 Å². The van der Waals surface area contributed by atoms with Gasteiger partial charge in [-0.15, -0.1) is 0 Å². The Balaban J connectivity index is 2.50. The highest BCUT2D eigenvalue weighted by Crippen LogP contribution is 2.50. The van der Waals surface area contributed by atoms with Crippen molar-refractivity contribution in [2.24, 2.45) is 0 Å². The van der Waals surface area contributed by atoms with Gasteiger partial charge in [0.05, 0.1) is 11.4 Å². The molecule has 0 radical (unpaired) electrons. The van der Waals surface area contributed by atoms with Gasteiger partial charge in [0, 0.05) is 11.3 Å². The van der Waals surface area contributed by atoms with E-state index < -0.39 is 0 Å². The van der Waals surface area contributed by atoms with E-state index in [4.69, 9.17) is 0 Å². The van der Waals surface area contributed by atoms with Crippen molar-refractivity contribution in [1.82, 2.24) is 4.90 Å². The molecule has 0 bridgehead atoms. The van der Waals surface area contributed by atoms with Crippen LogP contribution in [0.4, 0.5) is 0 Å². The van der Waals surface area contributed by atoms with Crippen molar-refractivity contribution in [2.75, 3.05) is 20.6 Å². The number of aliphatic hydroxyl groups excluding tert-OH is 1. The van der Waals surface area contributed by atoms with Crippen LogP contribution in [0.1, 0.15) is 13.8 Å². The fraction of sp³-hybridized carbons (Fsp3) is 1.00. The predicted molar refractivity (Wildman–Crippen MR) is 57.6 cm³/mol. The summed E-state index contributed by atoms with van der Waals surface area (Å²) < 4.78 is 0.0192. The van der Waals surface area contributed by atoms with Gasteiger partial charge in [0.1, 0.15) is 0 Å². The van der Waals surface area contributed by atoms with Crippen LogP contribution in [0.25, 0.3) is 0 Å². The Morgan fingerprint density at radius 1 is 1.42 bits per heavy atom. The second-order valence-electron chi connectivity index (χ2n) is 4.03. The second kappa shape index (κ2) is 3.78. The molecule has 1 fully saturated rings. The van der Waals surface area contributed by atoms with Gasteiger partial charge in [-0.05, 0) is 27.9 Å². The van der Waals surface area contributed by atoms with Crippen LogP contribution >= 0.6 is 21.6 Å². The molecule has 0 aromatic heterocycles. The number of nitrogens with zero attached hydrogens (tertiary/aromatic N) is 1. The van der Waals surface area contributed by atoms with Crippen LogP contribution in [0.3, 0.4) is 0 Å². The minimum atomic E-state index is -0.185. The summed E-state index contributed by atoms with van der Waals surface area (Å²) >= 11 is 0. The molecule has 0 saturated carbocycles. The molecule has 2 atom stereocenters. The first kappa shape index (κ1) is 10.7. The molecule has 2 nitrogen and oxygen atoms in total. The lowest BCUT2D eigenvalue weighted by Gasteiger charge is -2.24. The SMILES string of the molecule is CN(C)CC1SSC(C)(C)C1O. The summed E-state index contributed by atoms with van der Waals surface area (Å²) in [5, 5.41) is 10.3. The standard InChI is InChI=1S/C8H17NOS2/c1-8(2)7(10)6(11-12-8)5-9(3)4/h6-7,10H,5H2,1-4H3. The predicted octanol–water partition coefficient (Wildman–Crippen LogP) is 1.45. The molecule has 0 aromatic carbocycles. The molecule has 1 aliphatic heterocycles. The Kier molecular flexibility index (Phi) is 3.37. The highest BCUT2D eigenvalue weighted by Gasteiger charge is 2.42. The Labute approximate surface area is 82.5 Å². The second-order valence-corrected chi connectivity index (χ2v) is 7.12. The van der Waals surface area contributed by atoms with Crippen molar-refractivity contribution in [2.45, 2.75) is 29.9 Å². The quantitative estimate of drug-likeness (QED) is 0.692. The molecule has 1 saturated heterocycles. The molecule has 2 unspecified atom stereocenters. The maximum absolute atomic E-state index is 9.90. The molecule has 0 aromatic rings. The van der Waals surface area contributed by atoms with E-state index in [-0.39, 0.29) is 10.9 Å². The Bertz CT molecular complexity index is 161. The van der Waals surface area contributed by atoms with Gasteiger partial charge in [-0.25, -0.2) is 0 Å². The summed E-state index contributed by atoms with van der Waals surface area (Å²) in [5.41, 5.74) is 0. The topological polar surface area (TPSA) is 23.5 Å². The number of rotatable bonds is 2. The number of hydrogen-bond donors (Lipinski definition) is 1. The molecule has 1 N–H and O–H groups in total. The van der Waals surface area contributed by atoms with Crippen LogP contribution in [0.5, 0.6) is 0 Å². The average molecular weight is 207 g/mol. The molecule has 0 aliphatic carbocycles. The Morgan fingerprint density at radius 3 is 2.33 bits per heavy atom. The van der Waals surface area contributed by atoms with E-state index in [1.165, 1.54) is 0 Å². The molecule has 0 amide bonds. The minimum absolute atomic E-state index is 0.0192. The van der Waals surface area contributed by atoms with Crippen molar-refractivity contribution in [1.29, 1.82) is 0 Å². The van der Waals surface area contributed by atoms with Gasteiger partial charge in [0.15, 0.2) is 0 Å². The highest BCUT2D eigenvalue weighted by molar-refractivity contribution is 8.77. The van der Waals surface area contributed by atoms with E-state index in [1.54, 1.807) is 10.8 Å². The Hall–Kier alpha value is 0.620. The fourth-order valence-corrected chi connectivity index (χ4v) is 4.66. The summed E-state index contributed by atoms with van der Waals surface area (Å²) in [6.07, 6.45) is -0.185. The van der Waals surface area contributed by atoms with E-state index in [0.29, 0.717) is 5.25 Å². The van der Waals surface area contributed by atoms with Crippen molar-refractivity contribution in [3.05, 3.63) is 0 Å².